The normalized spacial score (nSPS) is 11.1. The number of halogens is 1. The van der Waals surface area contributed by atoms with Crippen molar-refractivity contribution in [2.75, 3.05) is 0 Å². The van der Waals surface area contributed by atoms with E-state index in [2.05, 4.69) is 35.9 Å². The minimum atomic E-state index is 0.895. The number of aryl methyl sites for hydroxylation is 1. The molecule has 0 aliphatic carbocycles. The molecule has 80 valence electrons. The average molecular weight is 277 g/mol. The van der Waals surface area contributed by atoms with E-state index in [1.807, 2.05) is 25.1 Å². The molecular weight excluding hydrogens is 268 g/mol. The van der Waals surface area contributed by atoms with Gasteiger partial charge < -0.3 is 9.97 Å². The fourth-order valence-corrected chi connectivity index (χ4v) is 2.34. The van der Waals surface area contributed by atoms with Crippen LogP contribution in [0.3, 0.4) is 0 Å². The van der Waals surface area contributed by atoms with Crippen LogP contribution in [0.15, 0.2) is 29.1 Å². The fraction of sp³-hybridized carbons (Fsp3) is 0.0909. The highest BCUT2D eigenvalue weighted by Gasteiger charge is 2.09. The second-order valence-corrected chi connectivity index (χ2v) is 4.41. The first-order valence-electron chi connectivity index (χ1n) is 4.89. The molecule has 3 aromatic rings. The zero-order valence-electron chi connectivity index (χ0n) is 8.58. The maximum Gasteiger partial charge on any atom is 0.110 e. The summed E-state index contributed by atoms with van der Waals surface area (Å²) in [4.78, 5) is 14.8. The zero-order chi connectivity index (χ0) is 11.1. The predicted octanol–water partition coefficient (Wildman–Crippen LogP) is 3.02. The Morgan fingerprint density at radius 3 is 2.94 bits per heavy atom. The van der Waals surface area contributed by atoms with E-state index in [4.69, 9.17) is 0 Å². The molecule has 5 heteroatoms. The van der Waals surface area contributed by atoms with Gasteiger partial charge in [0.15, 0.2) is 0 Å². The van der Waals surface area contributed by atoms with Gasteiger partial charge in [-0.05, 0) is 35.0 Å². The average Bonchev–Trinajstić information content (AvgIpc) is 2.83. The molecule has 2 aromatic heterocycles. The van der Waals surface area contributed by atoms with Crippen LogP contribution in [-0.2, 0) is 0 Å². The monoisotopic (exact) mass is 276 g/mol. The minimum absolute atomic E-state index is 0.895. The third kappa shape index (κ3) is 1.44. The van der Waals surface area contributed by atoms with Gasteiger partial charge in [0, 0.05) is 5.56 Å². The van der Waals surface area contributed by atoms with Crippen LogP contribution in [0.4, 0.5) is 0 Å². The second kappa shape index (κ2) is 3.45. The molecule has 16 heavy (non-hydrogen) atoms. The summed E-state index contributed by atoms with van der Waals surface area (Å²) in [5.74, 6) is 0.895. The van der Waals surface area contributed by atoms with Crippen molar-refractivity contribution in [3.8, 4) is 11.3 Å². The largest absolute Gasteiger partial charge is 0.345 e. The minimum Gasteiger partial charge on any atom is -0.345 e. The first-order valence-corrected chi connectivity index (χ1v) is 5.69. The lowest BCUT2D eigenvalue weighted by molar-refractivity contribution is 1.14. The molecule has 0 saturated heterocycles. The summed E-state index contributed by atoms with van der Waals surface area (Å²) < 4.78 is 0.906. The highest BCUT2D eigenvalue weighted by atomic mass is 79.9. The molecule has 0 amide bonds. The number of fused-ring (bicyclic) bond motifs is 1. The fourth-order valence-electron chi connectivity index (χ4n) is 1.74. The lowest BCUT2D eigenvalue weighted by Gasteiger charge is -1.97. The van der Waals surface area contributed by atoms with Crippen molar-refractivity contribution in [3.05, 3.63) is 35.0 Å². The van der Waals surface area contributed by atoms with Crippen molar-refractivity contribution < 1.29 is 0 Å². The topological polar surface area (TPSA) is 57.4 Å². The summed E-state index contributed by atoms with van der Waals surface area (Å²) in [7, 11) is 0. The van der Waals surface area contributed by atoms with Gasteiger partial charge in [0.1, 0.15) is 16.1 Å². The van der Waals surface area contributed by atoms with E-state index in [9.17, 15) is 0 Å². The van der Waals surface area contributed by atoms with E-state index in [0.29, 0.717) is 0 Å². The number of H-pyrrole nitrogens is 2. The number of benzene rings is 1. The highest BCUT2D eigenvalue weighted by Crippen LogP contribution is 2.27. The van der Waals surface area contributed by atoms with Crippen molar-refractivity contribution in [2.45, 2.75) is 6.92 Å². The van der Waals surface area contributed by atoms with Crippen LogP contribution in [0.1, 0.15) is 5.82 Å². The number of hydrogen-bond donors (Lipinski definition) is 2. The molecule has 2 heterocycles. The number of nitrogens with zero attached hydrogens (tertiary/aromatic N) is 2. The molecule has 0 aliphatic heterocycles. The van der Waals surface area contributed by atoms with Crippen LogP contribution in [0, 0.1) is 6.92 Å². The molecule has 0 saturated carbocycles. The molecule has 0 atom stereocenters. The maximum atomic E-state index is 4.43. The van der Waals surface area contributed by atoms with Crippen molar-refractivity contribution in [2.24, 2.45) is 0 Å². The van der Waals surface area contributed by atoms with Gasteiger partial charge in [-0.3, -0.25) is 0 Å². The Bertz CT molecular complexity index is 653. The maximum absolute atomic E-state index is 4.43. The lowest BCUT2D eigenvalue weighted by Crippen LogP contribution is -1.80. The molecule has 1 aromatic carbocycles. The summed E-state index contributed by atoms with van der Waals surface area (Å²) >= 11 is 3.46. The summed E-state index contributed by atoms with van der Waals surface area (Å²) in [5, 5.41) is 0. The third-order valence-corrected chi connectivity index (χ3v) is 3.05. The van der Waals surface area contributed by atoms with Crippen LogP contribution >= 0.6 is 15.9 Å². The van der Waals surface area contributed by atoms with Crippen molar-refractivity contribution in [3.63, 3.8) is 0 Å². The SMILES string of the molecule is Cc1nc(-c2ccc3nc[nH]c3c2)c(Br)[nH]1. The van der Waals surface area contributed by atoms with E-state index in [1.165, 1.54) is 0 Å². The summed E-state index contributed by atoms with van der Waals surface area (Å²) in [6.07, 6.45) is 1.69. The first-order chi connectivity index (χ1) is 7.74. The Kier molecular flexibility index (Phi) is 2.07. The molecule has 0 fully saturated rings. The summed E-state index contributed by atoms with van der Waals surface area (Å²) in [5.41, 5.74) is 3.97. The molecule has 2 N–H and O–H groups in total. The molecular formula is C11H9BrN4. The van der Waals surface area contributed by atoms with E-state index in [1.54, 1.807) is 6.33 Å². The van der Waals surface area contributed by atoms with E-state index in [0.717, 1.165) is 32.7 Å². The van der Waals surface area contributed by atoms with Gasteiger partial charge in [-0.15, -0.1) is 0 Å². The summed E-state index contributed by atoms with van der Waals surface area (Å²) in [6.45, 7) is 1.93. The molecule has 0 aliphatic rings. The second-order valence-electron chi connectivity index (χ2n) is 3.62. The molecule has 4 nitrogen and oxygen atoms in total. The number of aromatic nitrogens is 4. The number of aromatic amines is 2. The van der Waals surface area contributed by atoms with Gasteiger partial charge in [-0.25, -0.2) is 9.97 Å². The van der Waals surface area contributed by atoms with E-state index in [-0.39, 0.29) is 0 Å². The zero-order valence-corrected chi connectivity index (χ0v) is 10.2. The van der Waals surface area contributed by atoms with E-state index >= 15 is 0 Å². The number of rotatable bonds is 1. The van der Waals surface area contributed by atoms with Crippen LogP contribution in [0.5, 0.6) is 0 Å². The quantitative estimate of drug-likeness (QED) is 0.718. The Hall–Kier alpha value is -1.62. The Labute approximate surface area is 100 Å². The van der Waals surface area contributed by atoms with Crippen molar-refractivity contribution >= 4 is 27.0 Å². The molecule has 3 rings (SSSR count). The van der Waals surface area contributed by atoms with Gasteiger partial charge in [-0.2, -0.15) is 0 Å². The highest BCUT2D eigenvalue weighted by molar-refractivity contribution is 9.10. The van der Waals surface area contributed by atoms with Crippen LogP contribution < -0.4 is 0 Å². The smallest absolute Gasteiger partial charge is 0.110 e. The first kappa shape index (κ1) is 9.59. The van der Waals surface area contributed by atoms with Gasteiger partial charge in [0.2, 0.25) is 0 Å². The molecule has 0 unspecified atom stereocenters. The van der Waals surface area contributed by atoms with Gasteiger partial charge >= 0.3 is 0 Å². The Morgan fingerprint density at radius 2 is 2.19 bits per heavy atom. The van der Waals surface area contributed by atoms with Gasteiger partial charge in [-0.1, -0.05) is 6.07 Å². The molecule has 0 spiro atoms. The Balaban J connectivity index is 2.21. The standard InChI is InChI=1S/C11H9BrN4/c1-6-15-10(11(12)16-6)7-2-3-8-9(4-7)14-5-13-8/h2-5H,1H3,(H,13,14)(H,15,16). The molecule has 0 bridgehead atoms. The van der Waals surface area contributed by atoms with Crippen molar-refractivity contribution in [1.29, 1.82) is 0 Å². The van der Waals surface area contributed by atoms with Gasteiger partial charge in [0.05, 0.1) is 17.4 Å². The summed E-state index contributed by atoms with van der Waals surface area (Å²) in [6, 6.07) is 6.05. The Morgan fingerprint density at radius 1 is 1.31 bits per heavy atom. The van der Waals surface area contributed by atoms with Crippen molar-refractivity contribution in [1.82, 2.24) is 19.9 Å². The predicted molar refractivity (Wildman–Crippen MR) is 66.1 cm³/mol. The van der Waals surface area contributed by atoms with Crippen LogP contribution in [0.25, 0.3) is 22.3 Å². The number of imidazole rings is 2. The molecule has 0 radical (unpaired) electrons. The number of nitrogens with one attached hydrogen (secondary N) is 2. The third-order valence-electron chi connectivity index (χ3n) is 2.47. The van der Waals surface area contributed by atoms with Crippen LogP contribution in [0.2, 0.25) is 0 Å². The van der Waals surface area contributed by atoms with Crippen LogP contribution in [-0.4, -0.2) is 19.9 Å². The lowest BCUT2D eigenvalue weighted by atomic mass is 10.1. The van der Waals surface area contributed by atoms with Gasteiger partial charge in [0.25, 0.3) is 0 Å². The van der Waals surface area contributed by atoms with E-state index < -0.39 is 0 Å². The number of hydrogen-bond acceptors (Lipinski definition) is 2.